The molecule has 0 aromatic carbocycles. The first-order valence-corrected chi connectivity index (χ1v) is 5.81. The summed E-state index contributed by atoms with van der Waals surface area (Å²) in [6.45, 7) is 4.98. The lowest BCUT2D eigenvalue weighted by molar-refractivity contribution is -0.121. The van der Waals surface area contributed by atoms with Crippen molar-refractivity contribution in [2.24, 2.45) is 5.84 Å². The lowest BCUT2D eigenvalue weighted by Gasteiger charge is -2.12. The van der Waals surface area contributed by atoms with Gasteiger partial charge in [0, 0.05) is 13.0 Å². The number of hydrogen-bond acceptors (Lipinski definition) is 3. The van der Waals surface area contributed by atoms with Crippen LogP contribution in [0, 0.1) is 0 Å². The van der Waals surface area contributed by atoms with Gasteiger partial charge in [-0.1, -0.05) is 26.2 Å². The van der Waals surface area contributed by atoms with E-state index in [1.54, 1.807) is 0 Å². The predicted octanol–water partition coefficient (Wildman–Crippen LogP) is 1.74. The van der Waals surface area contributed by atoms with E-state index in [1.165, 1.54) is 19.3 Å². The first-order valence-electron chi connectivity index (χ1n) is 5.81. The third kappa shape index (κ3) is 9.69. The van der Waals surface area contributed by atoms with E-state index in [9.17, 15) is 4.79 Å². The van der Waals surface area contributed by atoms with Crippen LogP contribution < -0.4 is 11.3 Å². The number of carbonyl (C=O) groups is 1. The monoisotopic (exact) mass is 216 g/mol. The molecule has 0 fully saturated rings. The zero-order chi connectivity index (χ0) is 11.5. The first kappa shape index (κ1) is 14.4. The van der Waals surface area contributed by atoms with Crippen LogP contribution >= 0.6 is 0 Å². The van der Waals surface area contributed by atoms with Gasteiger partial charge in [0.1, 0.15) is 0 Å². The summed E-state index contributed by atoms with van der Waals surface area (Å²) in [6.07, 6.45) is 6.17. The second kappa shape index (κ2) is 9.93. The van der Waals surface area contributed by atoms with Crippen LogP contribution in [0.3, 0.4) is 0 Å². The summed E-state index contributed by atoms with van der Waals surface area (Å²) >= 11 is 0. The number of carbonyl (C=O) groups excluding carboxylic acids is 1. The van der Waals surface area contributed by atoms with Crippen molar-refractivity contribution < 1.29 is 9.53 Å². The minimum absolute atomic E-state index is 0.128. The highest BCUT2D eigenvalue weighted by Crippen LogP contribution is 2.04. The Hall–Kier alpha value is -0.610. The molecule has 90 valence electrons. The van der Waals surface area contributed by atoms with Crippen molar-refractivity contribution in [1.82, 2.24) is 5.43 Å². The number of rotatable bonds is 9. The fourth-order valence-corrected chi connectivity index (χ4v) is 1.30. The van der Waals surface area contributed by atoms with Gasteiger partial charge in [0.15, 0.2) is 0 Å². The summed E-state index contributed by atoms with van der Waals surface area (Å²) in [5, 5.41) is 0. The molecule has 0 saturated carbocycles. The second-order valence-electron chi connectivity index (χ2n) is 3.85. The number of amides is 1. The zero-order valence-electron chi connectivity index (χ0n) is 9.92. The van der Waals surface area contributed by atoms with Crippen LogP contribution in [-0.2, 0) is 9.53 Å². The molecule has 0 aliphatic carbocycles. The molecule has 1 atom stereocenters. The standard InChI is InChI=1S/C11H24N2O2/c1-3-4-5-6-9-15-10(2)7-8-11(14)13-12/h10H,3-9,12H2,1-2H3,(H,13,14). The van der Waals surface area contributed by atoms with Crippen molar-refractivity contribution >= 4 is 5.91 Å². The van der Waals surface area contributed by atoms with E-state index in [-0.39, 0.29) is 12.0 Å². The molecule has 4 heteroatoms. The smallest absolute Gasteiger partial charge is 0.233 e. The largest absolute Gasteiger partial charge is 0.378 e. The summed E-state index contributed by atoms with van der Waals surface area (Å²) < 4.78 is 5.56. The van der Waals surface area contributed by atoms with E-state index in [2.05, 4.69) is 12.3 Å². The van der Waals surface area contributed by atoms with E-state index >= 15 is 0 Å². The molecule has 0 aliphatic rings. The van der Waals surface area contributed by atoms with E-state index in [0.29, 0.717) is 6.42 Å². The van der Waals surface area contributed by atoms with Gasteiger partial charge in [0.2, 0.25) is 5.91 Å². The molecule has 3 N–H and O–H groups in total. The van der Waals surface area contributed by atoms with Crippen molar-refractivity contribution in [2.45, 2.75) is 58.5 Å². The summed E-state index contributed by atoms with van der Waals surface area (Å²) in [7, 11) is 0. The lowest BCUT2D eigenvalue weighted by atomic mass is 10.2. The SMILES string of the molecule is CCCCCCOC(C)CCC(=O)NN. The molecule has 0 aromatic rings. The molecule has 0 saturated heterocycles. The molecular formula is C11H24N2O2. The Morgan fingerprint density at radius 2 is 2.13 bits per heavy atom. The van der Waals surface area contributed by atoms with Crippen LogP contribution in [0.5, 0.6) is 0 Å². The highest BCUT2D eigenvalue weighted by Gasteiger charge is 2.05. The summed E-state index contributed by atoms with van der Waals surface area (Å²) in [4.78, 5) is 10.8. The van der Waals surface area contributed by atoms with E-state index in [0.717, 1.165) is 19.4 Å². The highest BCUT2D eigenvalue weighted by atomic mass is 16.5. The van der Waals surface area contributed by atoms with Crippen molar-refractivity contribution in [3.8, 4) is 0 Å². The van der Waals surface area contributed by atoms with Gasteiger partial charge in [-0.05, 0) is 19.8 Å². The Kier molecular flexibility index (Phi) is 9.52. The van der Waals surface area contributed by atoms with Gasteiger partial charge in [-0.25, -0.2) is 5.84 Å². The molecule has 0 spiro atoms. The van der Waals surface area contributed by atoms with Crippen LogP contribution in [0.1, 0.15) is 52.4 Å². The Labute approximate surface area is 92.5 Å². The maximum absolute atomic E-state index is 10.8. The molecule has 0 radical (unpaired) electrons. The van der Waals surface area contributed by atoms with Crippen LogP contribution in [0.15, 0.2) is 0 Å². The maximum atomic E-state index is 10.8. The van der Waals surface area contributed by atoms with E-state index in [4.69, 9.17) is 10.6 Å². The number of nitrogens with one attached hydrogen (secondary N) is 1. The van der Waals surface area contributed by atoms with Crippen molar-refractivity contribution in [1.29, 1.82) is 0 Å². The van der Waals surface area contributed by atoms with Crippen LogP contribution in [0.25, 0.3) is 0 Å². The van der Waals surface area contributed by atoms with Gasteiger partial charge >= 0.3 is 0 Å². The number of unbranched alkanes of at least 4 members (excludes halogenated alkanes) is 3. The number of hydrogen-bond donors (Lipinski definition) is 2. The molecule has 1 unspecified atom stereocenters. The average Bonchev–Trinajstić information content (AvgIpc) is 2.25. The van der Waals surface area contributed by atoms with Gasteiger partial charge in [0.05, 0.1) is 6.10 Å². The van der Waals surface area contributed by atoms with Crippen LogP contribution in [-0.4, -0.2) is 18.6 Å². The molecule has 1 amide bonds. The van der Waals surface area contributed by atoms with Gasteiger partial charge < -0.3 is 4.74 Å². The molecule has 0 aromatic heterocycles. The lowest BCUT2D eigenvalue weighted by Crippen LogP contribution is -2.30. The third-order valence-corrected chi connectivity index (χ3v) is 2.34. The number of ether oxygens (including phenoxy) is 1. The molecule has 15 heavy (non-hydrogen) atoms. The van der Waals surface area contributed by atoms with E-state index in [1.807, 2.05) is 6.92 Å². The molecule has 0 bridgehead atoms. The van der Waals surface area contributed by atoms with Gasteiger partial charge in [-0.2, -0.15) is 0 Å². The normalized spacial score (nSPS) is 12.5. The van der Waals surface area contributed by atoms with Gasteiger partial charge in [0.25, 0.3) is 0 Å². The van der Waals surface area contributed by atoms with Crippen molar-refractivity contribution in [3.63, 3.8) is 0 Å². The molecule has 0 rings (SSSR count). The van der Waals surface area contributed by atoms with Crippen molar-refractivity contribution in [2.75, 3.05) is 6.61 Å². The quantitative estimate of drug-likeness (QED) is 0.267. The fraction of sp³-hybridized carbons (Fsp3) is 0.909. The van der Waals surface area contributed by atoms with Gasteiger partial charge in [-0.3, -0.25) is 10.2 Å². The Morgan fingerprint density at radius 3 is 2.73 bits per heavy atom. The highest BCUT2D eigenvalue weighted by molar-refractivity contribution is 5.75. The number of nitrogens with two attached hydrogens (primary N) is 1. The van der Waals surface area contributed by atoms with Crippen LogP contribution in [0.2, 0.25) is 0 Å². The minimum atomic E-state index is -0.128. The van der Waals surface area contributed by atoms with Crippen molar-refractivity contribution in [3.05, 3.63) is 0 Å². The maximum Gasteiger partial charge on any atom is 0.233 e. The molecule has 0 aliphatic heterocycles. The number of hydrazine groups is 1. The van der Waals surface area contributed by atoms with E-state index < -0.39 is 0 Å². The topological polar surface area (TPSA) is 64.3 Å². The predicted molar refractivity (Wildman–Crippen MR) is 61.1 cm³/mol. The molecule has 4 nitrogen and oxygen atoms in total. The summed E-state index contributed by atoms with van der Waals surface area (Å²) in [5.41, 5.74) is 2.11. The molecule has 0 heterocycles. The summed E-state index contributed by atoms with van der Waals surface area (Å²) in [6, 6.07) is 0. The zero-order valence-corrected chi connectivity index (χ0v) is 9.92. The Morgan fingerprint density at radius 1 is 1.40 bits per heavy atom. The van der Waals surface area contributed by atoms with Gasteiger partial charge in [-0.15, -0.1) is 0 Å². The average molecular weight is 216 g/mol. The summed E-state index contributed by atoms with van der Waals surface area (Å²) in [5.74, 6) is 4.84. The third-order valence-electron chi connectivity index (χ3n) is 2.34. The Balaban J connectivity index is 3.25. The molecular weight excluding hydrogens is 192 g/mol. The minimum Gasteiger partial charge on any atom is -0.378 e. The fourth-order valence-electron chi connectivity index (χ4n) is 1.30. The second-order valence-corrected chi connectivity index (χ2v) is 3.85. The Bertz CT molecular complexity index is 163. The first-order chi connectivity index (χ1) is 7.20. The van der Waals surface area contributed by atoms with Crippen LogP contribution in [0.4, 0.5) is 0 Å².